The SMILES string of the molecule is N#CC1=CC=CC(c2ccc(-c3cccc4cccc(-c5cccc(-c6nc(C7=CC=CC=C=C7)nc(-c7ccccc7)n6)c5)c34)cc2)C1. The molecule has 1 heterocycles. The largest absolute Gasteiger partial charge is 0.208 e. The molecule has 2 aliphatic carbocycles. The Hall–Kier alpha value is -6.66. The zero-order chi connectivity index (χ0) is 33.0. The van der Waals surface area contributed by atoms with Gasteiger partial charge in [-0.05, 0) is 69.3 Å². The Morgan fingerprint density at radius 2 is 1.31 bits per heavy atom. The highest BCUT2D eigenvalue weighted by molar-refractivity contribution is 6.06. The maximum Gasteiger partial charge on any atom is 0.164 e. The third-order valence-corrected chi connectivity index (χ3v) is 8.95. The Morgan fingerprint density at radius 3 is 2.10 bits per heavy atom. The number of hydrogen-bond acceptors (Lipinski definition) is 4. The van der Waals surface area contributed by atoms with Crippen LogP contribution in [0.25, 0.3) is 61.4 Å². The lowest BCUT2D eigenvalue weighted by Crippen LogP contribution is -2.02. The number of nitriles is 1. The average molecular weight is 627 g/mol. The Bertz CT molecular complexity index is 2440. The predicted molar refractivity (Wildman–Crippen MR) is 199 cm³/mol. The first-order chi connectivity index (χ1) is 24.2. The highest BCUT2D eigenvalue weighted by atomic mass is 15.0. The molecule has 4 nitrogen and oxygen atoms in total. The van der Waals surface area contributed by atoms with Crippen molar-refractivity contribution >= 4 is 16.3 Å². The van der Waals surface area contributed by atoms with Gasteiger partial charge in [0.1, 0.15) is 0 Å². The summed E-state index contributed by atoms with van der Waals surface area (Å²) in [5.41, 5.74) is 12.5. The number of hydrogen-bond donors (Lipinski definition) is 0. The predicted octanol–water partition coefficient (Wildman–Crippen LogP) is 10.9. The summed E-state index contributed by atoms with van der Waals surface area (Å²) in [5, 5.41) is 11.8. The van der Waals surface area contributed by atoms with Crippen LogP contribution in [0.5, 0.6) is 0 Å². The maximum atomic E-state index is 9.42. The second kappa shape index (κ2) is 13.2. The van der Waals surface area contributed by atoms with E-state index in [0.717, 1.165) is 45.4 Å². The average Bonchev–Trinajstić information content (AvgIpc) is 3.48. The molecule has 0 radical (unpaired) electrons. The molecule has 4 heteroatoms. The topological polar surface area (TPSA) is 62.5 Å². The van der Waals surface area contributed by atoms with Gasteiger partial charge in [-0.25, -0.2) is 15.0 Å². The Balaban J connectivity index is 1.21. The number of fused-ring (bicyclic) bond motifs is 1. The highest BCUT2D eigenvalue weighted by Gasteiger charge is 2.17. The number of benzene rings is 5. The fraction of sp³-hybridized carbons (Fsp3) is 0.0444. The van der Waals surface area contributed by atoms with Crippen molar-refractivity contribution in [2.75, 3.05) is 0 Å². The van der Waals surface area contributed by atoms with E-state index in [9.17, 15) is 5.26 Å². The molecule has 2 aliphatic rings. The van der Waals surface area contributed by atoms with E-state index in [1.54, 1.807) is 0 Å². The van der Waals surface area contributed by atoms with E-state index in [2.05, 4.69) is 103 Å². The first kappa shape index (κ1) is 29.7. The Labute approximate surface area is 285 Å². The smallest absolute Gasteiger partial charge is 0.164 e. The van der Waals surface area contributed by atoms with Crippen molar-refractivity contribution in [2.24, 2.45) is 0 Å². The van der Waals surface area contributed by atoms with Gasteiger partial charge in [-0.15, -0.1) is 5.73 Å². The van der Waals surface area contributed by atoms with E-state index < -0.39 is 0 Å². The lowest BCUT2D eigenvalue weighted by Gasteiger charge is -2.17. The van der Waals surface area contributed by atoms with Gasteiger partial charge in [0.25, 0.3) is 0 Å². The van der Waals surface area contributed by atoms with Crippen LogP contribution in [0.3, 0.4) is 0 Å². The summed E-state index contributed by atoms with van der Waals surface area (Å²) in [6.45, 7) is 0. The lowest BCUT2D eigenvalue weighted by atomic mass is 9.87. The van der Waals surface area contributed by atoms with Crippen LogP contribution in [0.2, 0.25) is 0 Å². The van der Waals surface area contributed by atoms with Crippen molar-refractivity contribution in [3.63, 3.8) is 0 Å². The van der Waals surface area contributed by atoms with Crippen molar-refractivity contribution in [3.8, 4) is 51.1 Å². The van der Waals surface area contributed by atoms with Crippen LogP contribution in [-0.2, 0) is 0 Å². The van der Waals surface area contributed by atoms with Crippen molar-refractivity contribution in [2.45, 2.75) is 12.3 Å². The van der Waals surface area contributed by atoms with Crippen LogP contribution in [-0.4, -0.2) is 15.0 Å². The van der Waals surface area contributed by atoms with Crippen molar-refractivity contribution in [3.05, 3.63) is 187 Å². The number of aromatic nitrogens is 3. The van der Waals surface area contributed by atoms with E-state index in [0.29, 0.717) is 17.5 Å². The summed E-state index contributed by atoms with van der Waals surface area (Å²) in [4.78, 5) is 14.8. The molecule has 0 saturated heterocycles. The summed E-state index contributed by atoms with van der Waals surface area (Å²) in [5.74, 6) is 2.04. The van der Waals surface area contributed by atoms with Gasteiger partial charge in [-0.3, -0.25) is 0 Å². The minimum Gasteiger partial charge on any atom is -0.208 e. The maximum absolute atomic E-state index is 9.42. The minimum atomic E-state index is 0.209. The molecule has 0 saturated carbocycles. The van der Waals surface area contributed by atoms with E-state index in [-0.39, 0.29) is 5.92 Å². The third kappa shape index (κ3) is 6.11. The minimum absolute atomic E-state index is 0.209. The summed E-state index contributed by atoms with van der Waals surface area (Å²) in [6, 6.07) is 42.6. The van der Waals surface area contributed by atoms with Gasteiger partial charge in [0.2, 0.25) is 0 Å². The molecule has 0 bridgehead atoms. The Kier molecular flexibility index (Phi) is 8.02. The molecule has 0 N–H and O–H groups in total. The molecule has 1 aromatic heterocycles. The van der Waals surface area contributed by atoms with Crippen molar-refractivity contribution in [1.82, 2.24) is 15.0 Å². The zero-order valence-corrected chi connectivity index (χ0v) is 26.7. The molecule has 0 aliphatic heterocycles. The van der Waals surface area contributed by atoms with Crippen LogP contribution < -0.4 is 0 Å². The van der Waals surface area contributed by atoms with E-state index in [1.807, 2.05) is 72.9 Å². The molecule has 8 rings (SSSR count). The van der Waals surface area contributed by atoms with Crippen LogP contribution in [0.4, 0.5) is 0 Å². The van der Waals surface area contributed by atoms with Crippen LogP contribution in [0.15, 0.2) is 175 Å². The molecule has 1 atom stereocenters. The fourth-order valence-electron chi connectivity index (χ4n) is 6.49. The first-order valence-electron chi connectivity index (χ1n) is 16.4. The summed E-state index contributed by atoms with van der Waals surface area (Å²) in [7, 11) is 0. The summed E-state index contributed by atoms with van der Waals surface area (Å²) < 4.78 is 0. The molecule has 5 aromatic carbocycles. The molecule has 0 spiro atoms. The molecular weight excluding hydrogens is 597 g/mol. The van der Waals surface area contributed by atoms with Gasteiger partial charge in [-0.1, -0.05) is 140 Å². The second-order valence-corrected chi connectivity index (χ2v) is 12.1. The molecule has 0 fully saturated rings. The number of allylic oxidation sites excluding steroid dienone is 9. The second-order valence-electron chi connectivity index (χ2n) is 12.1. The van der Waals surface area contributed by atoms with E-state index in [4.69, 9.17) is 15.0 Å². The molecule has 0 amide bonds. The molecule has 49 heavy (non-hydrogen) atoms. The van der Waals surface area contributed by atoms with E-state index >= 15 is 0 Å². The van der Waals surface area contributed by atoms with E-state index in [1.165, 1.54) is 21.9 Å². The lowest BCUT2D eigenvalue weighted by molar-refractivity contribution is 0.831. The quantitative estimate of drug-likeness (QED) is 0.173. The van der Waals surface area contributed by atoms with Crippen LogP contribution >= 0.6 is 0 Å². The first-order valence-corrected chi connectivity index (χ1v) is 16.4. The van der Waals surface area contributed by atoms with Crippen LogP contribution in [0, 0.1) is 11.3 Å². The highest BCUT2D eigenvalue weighted by Crippen LogP contribution is 2.38. The summed E-state index contributed by atoms with van der Waals surface area (Å²) >= 11 is 0. The molecular formula is C45H30N4. The van der Waals surface area contributed by atoms with Gasteiger partial charge in [0.15, 0.2) is 17.5 Å². The molecule has 1 unspecified atom stereocenters. The van der Waals surface area contributed by atoms with Crippen LogP contribution in [0.1, 0.15) is 23.7 Å². The normalized spacial score (nSPS) is 15.0. The standard InChI is InChI=1S/C45H30N4/c46-30-31-12-8-19-37(28-31)32-24-26-33(27-25-32)40-22-10-17-34-18-11-23-41(42(34)40)38-20-9-21-39(29-38)45-48-43(35-13-4-1-2-5-14-35)47-44(49-45)36-15-6-3-7-16-36/h1-4,6-27,29,37H,28H2. The zero-order valence-electron chi connectivity index (χ0n) is 26.7. The molecule has 6 aromatic rings. The van der Waals surface area contributed by atoms with Gasteiger partial charge >= 0.3 is 0 Å². The number of rotatable bonds is 6. The fourth-order valence-corrected chi connectivity index (χ4v) is 6.49. The molecule has 230 valence electrons. The third-order valence-electron chi connectivity index (χ3n) is 8.95. The van der Waals surface area contributed by atoms with Gasteiger partial charge in [0.05, 0.1) is 6.07 Å². The van der Waals surface area contributed by atoms with Gasteiger partial charge in [-0.2, -0.15) is 5.26 Å². The summed E-state index contributed by atoms with van der Waals surface area (Å²) in [6.07, 6.45) is 16.5. The van der Waals surface area contributed by atoms with Crippen molar-refractivity contribution < 1.29 is 0 Å². The van der Waals surface area contributed by atoms with Crippen molar-refractivity contribution in [1.29, 1.82) is 5.26 Å². The number of nitrogens with zero attached hydrogens (tertiary/aromatic N) is 4. The Morgan fingerprint density at radius 1 is 0.612 bits per heavy atom. The van der Waals surface area contributed by atoms with Gasteiger partial charge < -0.3 is 0 Å². The monoisotopic (exact) mass is 626 g/mol. The van der Waals surface area contributed by atoms with Gasteiger partial charge in [0, 0.05) is 28.2 Å².